The predicted octanol–water partition coefficient (Wildman–Crippen LogP) is 8.52. The van der Waals surface area contributed by atoms with Crippen LogP contribution in [-0.2, 0) is 42.9 Å². The second kappa shape index (κ2) is 25.4. The Morgan fingerprint density at radius 1 is 0.831 bits per heavy atom. The molecule has 2 saturated heterocycles. The van der Waals surface area contributed by atoms with Gasteiger partial charge in [-0.05, 0) is 107 Å². The highest BCUT2D eigenvalue weighted by Crippen LogP contribution is 2.39. The van der Waals surface area contributed by atoms with Crippen molar-refractivity contribution in [2.75, 3.05) is 27.9 Å². The van der Waals surface area contributed by atoms with Gasteiger partial charge in [0.05, 0.1) is 24.4 Å². The average Bonchev–Trinajstić information content (AvgIpc) is 3.28. The SMILES string of the molecule is COC1C[C@@H]2CC[C@@H](C)[C@@](O)(O2)C(=O)C(=O)N2CCCC[C@H]2C(=O)O[C@H]([C@H](C)C[C@@H]2CC[C@@H](C)[C@H](OC)C2)C[C@@H](O)[C@H](C)/C=C(\C)[C@@H](C)[C@@H](OC)C(=O)[C@H](C)C[C@H](C)/C=C/C=C/C=C/1C. The fourth-order valence-electron chi connectivity index (χ4n) is 10.7. The van der Waals surface area contributed by atoms with Crippen molar-refractivity contribution in [2.24, 2.45) is 47.3 Å². The van der Waals surface area contributed by atoms with Gasteiger partial charge in [0.1, 0.15) is 18.2 Å². The predicted molar refractivity (Wildman–Crippen MR) is 252 cm³/mol. The number of Topliss-reactive ketones (excluding diaryl/α,β-unsaturated/α-hetero) is 2. The van der Waals surface area contributed by atoms with Crippen molar-refractivity contribution >= 4 is 23.4 Å². The molecule has 3 heterocycles. The van der Waals surface area contributed by atoms with E-state index in [0.29, 0.717) is 56.8 Å². The minimum Gasteiger partial charge on any atom is -0.460 e. The summed E-state index contributed by atoms with van der Waals surface area (Å²) in [6.07, 6.45) is 16.2. The van der Waals surface area contributed by atoms with Crippen LogP contribution in [0.5, 0.6) is 0 Å². The molecule has 3 fully saturated rings. The standard InChI is InChI=1S/C53H85NO11/c1-32-18-14-13-15-19-33(2)46(62-11)30-42-24-22-39(8)53(60,65-42)50(57)51(58)54-25-17-16-20-43(54)52(59)64-47(37(6)28-41-23-21-34(3)45(29-41)61-10)31-44(55)36(5)27-35(4)40(9)49(63-12)48(56)38(7)26-32/h13-15,18-19,27,32,34,36-47,49,55,60H,16-17,20-26,28-31H2,1-12H3/b15-13+,18-14+,33-19+,35-27+/t32-,34-,36-,37-,38-,39-,40-,41+,42+,43+,44-,45-,46?,47+,49-,53-/m1/s1. The van der Waals surface area contributed by atoms with Gasteiger partial charge >= 0.3 is 5.97 Å². The van der Waals surface area contributed by atoms with Gasteiger partial charge in [0.15, 0.2) is 5.78 Å². The lowest BCUT2D eigenvalue weighted by atomic mass is 9.75. The second-order valence-electron chi connectivity index (χ2n) is 20.5. The largest absolute Gasteiger partial charge is 0.460 e. The molecule has 368 valence electrons. The zero-order chi connectivity index (χ0) is 48.2. The molecule has 0 radical (unpaired) electrons. The number of esters is 1. The van der Waals surface area contributed by atoms with Crippen molar-refractivity contribution in [1.29, 1.82) is 0 Å². The average molecular weight is 912 g/mol. The third-order valence-corrected chi connectivity index (χ3v) is 15.4. The smallest absolute Gasteiger partial charge is 0.329 e. The van der Waals surface area contributed by atoms with E-state index in [1.807, 2.05) is 65.0 Å². The van der Waals surface area contributed by atoms with Crippen LogP contribution in [0.3, 0.4) is 0 Å². The van der Waals surface area contributed by atoms with Crippen molar-refractivity contribution in [3.05, 3.63) is 47.6 Å². The first-order valence-electron chi connectivity index (χ1n) is 24.7. The molecule has 0 aromatic carbocycles. The van der Waals surface area contributed by atoms with E-state index in [1.54, 1.807) is 28.3 Å². The third-order valence-electron chi connectivity index (χ3n) is 15.4. The van der Waals surface area contributed by atoms with Crippen LogP contribution < -0.4 is 0 Å². The summed E-state index contributed by atoms with van der Waals surface area (Å²) in [5.41, 5.74) is 1.83. The number of hydrogen-bond acceptors (Lipinski definition) is 11. The van der Waals surface area contributed by atoms with Gasteiger partial charge in [-0.3, -0.25) is 14.4 Å². The zero-order valence-electron chi connectivity index (χ0n) is 41.8. The Balaban J connectivity index is 1.70. The van der Waals surface area contributed by atoms with Crippen LogP contribution in [0.4, 0.5) is 0 Å². The highest BCUT2D eigenvalue weighted by atomic mass is 16.6. The molecule has 12 heteroatoms. The number of ether oxygens (including phenoxy) is 5. The molecule has 4 aliphatic rings. The summed E-state index contributed by atoms with van der Waals surface area (Å²) in [6, 6.07) is -1.04. The van der Waals surface area contributed by atoms with E-state index < -0.39 is 59.8 Å². The summed E-state index contributed by atoms with van der Waals surface area (Å²) < 4.78 is 30.2. The molecular weight excluding hydrogens is 827 g/mol. The topological polar surface area (TPSA) is 158 Å². The molecule has 0 aromatic rings. The summed E-state index contributed by atoms with van der Waals surface area (Å²) in [5.74, 6) is -5.78. The summed E-state index contributed by atoms with van der Waals surface area (Å²) in [6.45, 7) is 18.0. The molecule has 16 atom stereocenters. The van der Waals surface area contributed by atoms with Crippen molar-refractivity contribution in [1.82, 2.24) is 4.90 Å². The molecule has 1 saturated carbocycles. The molecule has 2 bridgehead atoms. The number of fused-ring (bicyclic) bond motifs is 3. The molecule has 0 aromatic heterocycles. The van der Waals surface area contributed by atoms with Gasteiger partial charge in [0.25, 0.3) is 11.7 Å². The van der Waals surface area contributed by atoms with Crippen LogP contribution in [0, 0.1) is 47.3 Å². The number of methoxy groups -OCH3 is 3. The van der Waals surface area contributed by atoms with Crippen LogP contribution in [0.1, 0.15) is 139 Å². The maximum absolute atomic E-state index is 14.5. The Morgan fingerprint density at radius 2 is 1.55 bits per heavy atom. The summed E-state index contributed by atoms with van der Waals surface area (Å²) in [7, 11) is 4.93. The van der Waals surface area contributed by atoms with Gasteiger partial charge < -0.3 is 38.8 Å². The maximum Gasteiger partial charge on any atom is 0.329 e. The number of cyclic esters (lactones) is 1. The first kappa shape index (κ1) is 54.6. The number of allylic oxidation sites excluding steroid dienone is 5. The van der Waals surface area contributed by atoms with E-state index in [9.17, 15) is 29.4 Å². The third kappa shape index (κ3) is 14.5. The highest BCUT2D eigenvalue weighted by Gasteiger charge is 2.53. The number of carbonyl (C=O) groups is 4. The van der Waals surface area contributed by atoms with Gasteiger partial charge in [-0.1, -0.05) is 90.5 Å². The quantitative estimate of drug-likeness (QED) is 0.150. The van der Waals surface area contributed by atoms with E-state index in [1.165, 1.54) is 4.90 Å². The van der Waals surface area contributed by atoms with Crippen LogP contribution in [-0.4, -0.2) is 115 Å². The number of nitrogens with zero attached hydrogens (tertiary/aromatic N) is 1. The number of ketones is 2. The lowest BCUT2D eigenvalue weighted by Gasteiger charge is -2.43. The lowest BCUT2D eigenvalue weighted by molar-refractivity contribution is -0.265. The Kier molecular flexibility index (Phi) is 21.3. The van der Waals surface area contributed by atoms with Gasteiger partial charge in [0.2, 0.25) is 5.79 Å². The number of aliphatic hydroxyl groups is 2. The molecule has 1 unspecified atom stereocenters. The van der Waals surface area contributed by atoms with Crippen molar-refractivity contribution in [2.45, 2.75) is 188 Å². The van der Waals surface area contributed by atoms with Crippen LogP contribution in [0.2, 0.25) is 0 Å². The van der Waals surface area contributed by atoms with Crippen LogP contribution in [0.15, 0.2) is 47.6 Å². The molecule has 1 amide bonds. The monoisotopic (exact) mass is 912 g/mol. The highest BCUT2D eigenvalue weighted by molar-refractivity contribution is 6.39. The summed E-state index contributed by atoms with van der Waals surface area (Å²) in [5, 5.41) is 23.9. The zero-order valence-corrected chi connectivity index (χ0v) is 41.8. The molecule has 0 spiro atoms. The number of amides is 1. The van der Waals surface area contributed by atoms with E-state index >= 15 is 0 Å². The lowest BCUT2D eigenvalue weighted by Crippen LogP contribution is -2.61. The second-order valence-corrected chi connectivity index (χ2v) is 20.5. The van der Waals surface area contributed by atoms with E-state index in [0.717, 1.165) is 36.8 Å². The molecule has 4 rings (SSSR count). The van der Waals surface area contributed by atoms with Gasteiger partial charge in [-0.2, -0.15) is 0 Å². The number of carbonyl (C=O) groups excluding carboxylic acids is 4. The Morgan fingerprint density at radius 3 is 2.23 bits per heavy atom. The summed E-state index contributed by atoms with van der Waals surface area (Å²) >= 11 is 0. The normalized spacial score (nSPS) is 41.5. The molecule has 2 N–H and O–H groups in total. The minimum absolute atomic E-state index is 0.0327. The van der Waals surface area contributed by atoms with Gasteiger partial charge in [-0.25, -0.2) is 4.79 Å². The Labute approximate surface area is 390 Å². The fourth-order valence-corrected chi connectivity index (χ4v) is 10.7. The summed E-state index contributed by atoms with van der Waals surface area (Å²) in [4.78, 5) is 58.1. The molecule has 3 aliphatic heterocycles. The first-order valence-corrected chi connectivity index (χ1v) is 24.7. The van der Waals surface area contributed by atoms with Crippen molar-refractivity contribution in [3.8, 4) is 0 Å². The van der Waals surface area contributed by atoms with Crippen LogP contribution >= 0.6 is 0 Å². The number of hydrogen-bond donors (Lipinski definition) is 2. The Hall–Kier alpha value is -3.00. The Bertz CT molecular complexity index is 1700. The number of rotatable bonds is 6. The maximum atomic E-state index is 14.5. The first-order chi connectivity index (χ1) is 30.7. The van der Waals surface area contributed by atoms with E-state index in [4.69, 9.17) is 23.7 Å². The molecule has 1 aliphatic carbocycles. The molecule has 12 nitrogen and oxygen atoms in total. The van der Waals surface area contributed by atoms with Crippen molar-refractivity contribution in [3.63, 3.8) is 0 Å². The fraction of sp³-hybridized carbons (Fsp3) is 0.774. The van der Waals surface area contributed by atoms with E-state index in [-0.39, 0.29) is 60.5 Å². The molecule has 65 heavy (non-hydrogen) atoms. The van der Waals surface area contributed by atoms with Gasteiger partial charge in [0, 0.05) is 64.4 Å². The molecular formula is C53H85NO11. The minimum atomic E-state index is -2.38. The van der Waals surface area contributed by atoms with E-state index in [2.05, 4.69) is 26.8 Å². The van der Waals surface area contributed by atoms with Gasteiger partial charge in [-0.15, -0.1) is 0 Å². The number of aliphatic hydroxyl groups excluding tert-OH is 1. The number of piperidine rings is 1. The van der Waals surface area contributed by atoms with Crippen LogP contribution in [0.25, 0.3) is 0 Å². The van der Waals surface area contributed by atoms with Crippen molar-refractivity contribution < 1.29 is 53.1 Å².